The lowest BCUT2D eigenvalue weighted by Crippen LogP contribution is -2.48. The predicted octanol–water partition coefficient (Wildman–Crippen LogP) is 2.21. The van der Waals surface area contributed by atoms with Crippen LogP contribution < -0.4 is 0 Å². The van der Waals surface area contributed by atoms with E-state index in [1.54, 1.807) is 17.1 Å². The molecule has 2 atom stereocenters. The topological polar surface area (TPSA) is 77.8 Å². The summed E-state index contributed by atoms with van der Waals surface area (Å²) in [4.78, 5) is 25.7. The number of aliphatic carboxylic acids is 1. The summed E-state index contributed by atoms with van der Waals surface area (Å²) in [5.41, 5.74) is 0.124. The van der Waals surface area contributed by atoms with Gasteiger partial charge >= 0.3 is 5.97 Å². The van der Waals surface area contributed by atoms with Crippen molar-refractivity contribution >= 4 is 11.9 Å². The highest BCUT2D eigenvalue weighted by atomic mass is 16.4. The zero-order chi connectivity index (χ0) is 17.2. The average molecular weight is 329 g/mol. The molecule has 2 aliphatic carbocycles. The molecule has 0 aromatic heterocycles. The smallest absolute Gasteiger partial charge is 0.311 e. The van der Waals surface area contributed by atoms with Gasteiger partial charge in [0.2, 0.25) is 5.91 Å². The third-order valence-electron chi connectivity index (χ3n) is 5.03. The molecular weight excluding hydrogens is 306 g/mol. The van der Waals surface area contributed by atoms with Gasteiger partial charge in [0.1, 0.15) is 0 Å². The van der Waals surface area contributed by atoms with Gasteiger partial charge in [-0.05, 0) is 18.4 Å². The molecule has 2 N–H and O–H groups in total. The molecule has 0 unspecified atom stereocenters. The van der Waals surface area contributed by atoms with Crippen LogP contribution in [0.2, 0.25) is 0 Å². The highest BCUT2D eigenvalue weighted by molar-refractivity contribution is 5.89. The number of benzene rings is 1. The molecule has 1 aromatic carbocycles. The van der Waals surface area contributed by atoms with Crippen LogP contribution in [0.25, 0.3) is 0 Å². The van der Waals surface area contributed by atoms with E-state index in [0.717, 1.165) is 18.4 Å². The third kappa shape index (κ3) is 3.51. The van der Waals surface area contributed by atoms with Gasteiger partial charge in [0.25, 0.3) is 0 Å². The number of carbonyl (C=O) groups is 2. The molecule has 1 saturated carbocycles. The zero-order valence-corrected chi connectivity index (χ0v) is 13.6. The van der Waals surface area contributed by atoms with Gasteiger partial charge in [-0.1, -0.05) is 55.3 Å². The Bertz CT molecular complexity index is 634. The summed E-state index contributed by atoms with van der Waals surface area (Å²) < 4.78 is 0. The molecule has 0 spiro atoms. The standard InChI is InChI=1S/C19H23NO4/c21-17(15-8-9-16(15)18(22)23)20(12-14-6-2-1-3-7-14)13-19(24)10-4-5-11-19/h1-3,6-9,15-16,24H,4-5,10-13H2,(H,22,23)/t15-,16+/m0/s1. The summed E-state index contributed by atoms with van der Waals surface area (Å²) in [6, 6.07) is 9.60. The van der Waals surface area contributed by atoms with Crippen LogP contribution in [0.3, 0.4) is 0 Å². The normalized spacial score (nSPS) is 24.4. The summed E-state index contributed by atoms with van der Waals surface area (Å²) in [6.45, 7) is 0.649. The summed E-state index contributed by atoms with van der Waals surface area (Å²) in [5, 5.41) is 19.9. The molecule has 0 radical (unpaired) electrons. The van der Waals surface area contributed by atoms with Gasteiger partial charge in [0, 0.05) is 13.1 Å². The molecule has 5 heteroatoms. The first kappa shape index (κ1) is 16.7. The number of nitrogens with zero attached hydrogens (tertiary/aromatic N) is 1. The molecule has 1 amide bonds. The first-order chi connectivity index (χ1) is 11.5. The van der Waals surface area contributed by atoms with Gasteiger partial charge in [0.15, 0.2) is 0 Å². The van der Waals surface area contributed by atoms with Gasteiger partial charge in [0.05, 0.1) is 17.4 Å². The maximum atomic E-state index is 12.9. The Morgan fingerprint density at radius 2 is 1.71 bits per heavy atom. The van der Waals surface area contributed by atoms with Gasteiger partial charge < -0.3 is 15.1 Å². The van der Waals surface area contributed by atoms with Crippen molar-refractivity contribution < 1.29 is 19.8 Å². The number of hydrogen-bond acceptors (Lipinski definition) is 3. The van der Waals surface area contributed by atoms with Crippen LogP contribution in [0.15, 0.2) is 42.5 Å². The maximum Gasteiger partial charge on any atom is 0.311 e. The molecule has 0 bridgehead atoms. The van der Waals surface area contributed by atoms with Crippen molar-refractivity contribution in [3.63, 3.8) is 0 Å². The SMILES string of the molecule is O=C(O)[C@@H]1C=C[C@@H]1C(=O)N(Cc1ccccc1)CC1(O)CCCC1. The Labute approximate surface area is 141 Å². The second kappa shape index (κ2) is 6.77. The second-order valence-corrected chi connectivity index (χ2v) is 6.89. The fourth-order valence-corrected chi connectivity index (χ4v) is 3.58. The lowest BCUT2D eigenvalue weighted by atomic mass is 9.81. The van der Waals surface area contributed by atoms with E-state index in [1.807, 2.05) is 30.3 Å². The summed E-state index contributed by atoms with van der Waals surface area (Å²) in [6.07, 6.45) is 6.51. The number of rotatable bonds is 6. The van der Waals surface area contributed by atoms with Crippen LogP contribution in [0.4, 0.5) is 0 Å². The predicted molar refractivity (Wildman–Crippen MR) is 89.0 cm³/mol. The quantitative estimate of drug-likeness (QED) is 0.785. The van der Waals surface area contributed by atoms with Crippen molar-refractivity contribution in [1.29, 1.82) is 0 Å². The average Bonchev–Trinajstić information content (AvgIpc) is 2.92. The van der Waals surface area contributed by atoms with E-state index in [1.165, 1.54) is 0 Å². The first-order valence-corrected chi connectivity index (χ1v) is 8.45. The van der Waals surface area contributed by atoms with Gasteiger partial charge in [-0.2, -0.15) is 0 Å². The number of carboxylic acids is 1. The Hall–Kier alpha value is -2.14. The molecule has 1 aromatic rings. The molecule has 128 valence electrons. The van der Waals surface area contributed by atoms with Crippen LogP contribution in [0, 0.1) is 11.8 Å². The minimum absolute atomic E-state index is 0.214. The monoisotopic (exact) mass is 329 g/mol. The number of carboxylic acid groups (broad SMARTS) is 1. The highest BCUT2D eigenvalue weighted by Crippen LogP contribution is 2.33. The Kier molecular flexibility index (Phi) is 4.71. The minimum atomic E-state index is -0.977. The maximum absolute atomic E-state index is 12.9. The summed E-state index contributed by atoms with van der Waals surface area (Å²) in [7, 11) is 0. The van der Waals surface area contributed by atoms with Gasteiger partial charge in [-0.3, -0.25) is 9.59 Å². The van der Waals surface area contributed by atoms with E-state index in [-0.39, 0.29) is 12.5 Å². The molecule has 3 rings (SSSR count). The van der Waals surface area contributed by atoms with Gasteiger partial charge in [-0.15, -0.1) is 0 Å². The minimum Gasteiger partial charge on any atom is -0.481 e. The molecule has 5 nitrogen and oxygen atoms in total. The molecule has 0 heterocycles. The van der Waals surface area contributed by atoms with E-state index in [2.05, 4.69) is 0 Å². The van der Waals surface area contributed by atoms with Crippen molar-refractivity contribution in [2.45, 2.75) is 37.8 Å². The van der Waals surface area contributed by atoms with Crippen molar-refractivity contribution in [1.82, 2.24) is 4.90 Å². The molecule has 1 fully saturated rings. The number of aliphatic hydroxyl groups is 1. The largest absolute Gasteiger partial charge is 0.481 e. The highest BCUT2D eigenvalue weighted by Gasteiger charge is 2.41. The van der Waals surface area contributed by atoms with Crippen LogP contribution >= 0.6 is 0 Å². The molecular formula is C19H23NO4. The molecule has 2 aliphatic rings. The summed E-state index contributed by atoms with van der Waals surface area (Å²) in [5.74, 6) is -2.57. The zero-order valence-electron chi connectivity index (χ0n) is 13.6. The van der Waals surface area contributed by atoms with Crippen LogP contribution in [0.1, 0.15) is 31.2 Å². The van der Waals surface area contributed by atoms with Crippen molar-refractivity contribution in [3.05, 3.63) is 48.0 Å². The number of carbonyl (C=O) groups excluding carboxylic acids is 1. The van der Waals surface area contributed by atoms with Crippen molar-refractivity contribution in [3.8, 4) is 0 Å². The van der Waals surface area contributed by atoms with E-state index in [0.29, 0.717) is 19.4 Å². The Morgan fingerprint density at radius 1 is 1.08 bits per heavy atom. The van der Waals surface area contributed by atoms with E-state index >= 15 is 0 Å². The third-order valence-corrected chi connectivity index (χ3v) is 5.03. The molecule has 0 aliphatic heterocycles. The van der Waals surface area contributed by atoms with Gasteiger partial charge in [-0.25, -0.2) is 0 Å². The van der Waals surface area contributed by atoms with Crippen LogP contribution in [-0.4, -0.2) is 39.1 Å². The fourth-order valence-electron chi connectivity index (χ4n) is 3.58. The Morgan fingerprint density at radius 3 is 2.25 bits per heavy atom. The molecule has 24 heavy (non-hydrogen) atoms. The summed E-state index contributed by atoms with van der Waals surface area (Å²) >= 11 is 0. The van der Waals surface area contributed by atoms with Crippen molar-refractivity contribution in [2.75, 3.05) is 6.54 Å². The Balaban J connectivity index is 1.77. The van der Waals surface area contributed by atoms with Crippen molar-refractivity contribution in [2.24, 2.45) is 11.8 Å². The lowest BCUT2D eigenvalue weighted by molar-refractivity contribution is -0.149. The second-order valence-electron chi connectivity index (χ2n) is 6.89. The fraction of sp³-hybridized carbons (Fsp3) is 0.474. The van der Waals surface area contributed by atoms with E-state index in [4.69, 9.17) is 0 Å². The van der Waals surface area contributed by atoms with Crippen LogP contribution in [-0.2, 0) is 16.1 Å². The molecule has 0 saturated heterocycles. The number of amides is 1. The lowest BCUT2D eigenvalue weighted by Gasteiger charge is -2.36. The van der Waals surface area contributed by atoms with E-state index in [9.17, 15) is 19.8 Å². The number of hydrogen-bond donors (Lipinski definition) is 2. The van der Waals surface area contributed by atoms with Crippen LogP contribution in [0.5, 0.6) is 0 Å². The van der Waals surface area contributed by atoms with E-state index < -0.39 is 23.4 Å². The first-order valence-electron chi connectivity index (χ1n) is 8.45.